The molecule has 2 rings (SSSR count). The van der Waals surface area contributed by atoms with E-state index in [9.17, 15) is 18.4 Å². The number of benzene rings is 1. The molecule has 0 unspecified atom stereocenters. The van der Waals surface area contributed by atoms with Gasteiger partial charge >= 0.3 is 6.09 Å². The van der Waals surface area contributed by atoms with Crippen LogP contribution in [0.4, 0.5) is 13.6 Å². The predicted molar refractivity (Wildman–Crippen MR) is 44.3 cm³/mol. The first-order chi connectivity index (χ1) is 7.00. The molecule has 6 heteroatoms. The molecule has 0 spiro atoms. The quantitative estimate of drug-likeness (QED) is 0.712. The van der Waals surface area contributed by atoms with E-state index in [1.807, 2.05) is 0 Å². The van der Waals surface area contributed by atoms with Gasteiger partial charge in [-0.25, -0.2) is 18.5 Å². The number of hydrogen-bond acceptors (Lipinski definition) is 2. The summed E-state index contributed by atoms with van der Waals surface area (Å²) in [5.41, 5.74) is 0.0811. The van der Waals surface area contributed by atoms with E-state index < -0.39 is 23.6 Å². The van der Waals surface area contributed by atoms with Gasteiger partial charge in [-0.05, 0) is 17.7 Å². The SMILES string of the molecule is O=C(O)N1Cc2cc(F)c(F)cc2C1=O. The van der Waals surface area contributed by atoms with E-state index in [0.717, 1.165) is 12.1 Å². The molecular weight excluding hydrogens is 208 g/mol. The van der Waals surface area contributed by atoms with E-state index in [2.05, 4.69) is 0 Å². The van der Waals surface area contributed by atoms with Crippen molar-refractivity contribution in [3.05, 3.63) is 34.9 Å². The summed E-state index contributed by atoms with van der Waals surface area (Å²) < 4.78 is 25.6. The van der Waals surface area contributed by atoms with Crippen molar-refractivity contribution in [1.82, 2.24) is 4.90 Å². The Hall–Kier alpha value is -1.98. The Morgan fingerprint density at radius 3 is 2.53 bits per heavy atom. The summed E-state index contributed by atoms with van der Waals surface area (Å²) in [6.45, 7) is -0.235. The zero-order valence-corrected chi connectivity index (χ0v) is 7.33. The summed E-state index contributed by atoms with van der Waals surface area (Å²) in [6, 6.07) is 1.56. The highest BCUT2D eigenvalue weighted by Gasteiger charge is 2.33. The lowest BCUT2D eigenvalue weighted by Crippen LogP contribution is -2.29. The Kier molecular flexibility index (Phi) is 1.92. The zero-order valence-electron chi connectivity index (χ0n) is 7.33. The van der Waals surface area contributed by atoms with Crippen LogP contribution in [0.1, 0.15) is 15.9 Å². The van der Waals surface area contributed by atoms with E-state index in [-0.39, 0.29) is 17.7 Å². The molecule has 0 atom stereocenters. The van der Waals surface area contributed by atoms with Gasteiger partial charge < -0.3 is 5.11 Å². The Morgan fingerprint density at radius 1 is 1.33 bits per heavy atom. The highest BCUT2D eigenvalue weighted by molar-refractivity contribution is 6.05. The maximum atomic E-state index is 12.8. The fourth-order valence-corrected chi connectivity index (χ4v) is 1.46. The first kappa shape index (κ1) is 9.57. The number of amides is 2. The Morgan fingerprint density at radius 2 is 1.93 bits per heavy atom. The van der Waals surface area contributed by atoms with Gasteiger partial charge in [-0.15, -0.1) is 0 Å². The minimum Gasteiger partial charge on any atom is -0.465 e. The van der Waals surface area contributed by atoms with E-state index in [4.69, 9.17) is 5.11 Å². The summed E-state index contributed by atoms with van der Waals surface area (Å²) in [6.07, 6.45) is -1.43. The normalized spacial score (nSPS) is 14.3. The predicted octanol–water partition coefficient (Wildman–Crippen LogP) is 1.60. The van der Waals surface area contributed by atoms with Gasteiger partial charge in [0.15, 0.2) is 11.6 Å². The van der Waals surface area contributed by atoms with E-state index in [1.165, 1.54) is 0 Å². The largest absolute Gasteiger partial charge is 0.465 e. The average Bonchev–Trinajstić information content (AvgIpc) is 2.46. The van der Waals surface area contributed by atoms with E-state index >= 15 is 0 Å². The topological polar surface area (TPSA) is 57.6 Å². The number of hydrogen-bond donors (Lipinski definition) is 1. The maximum absolute atomic E-state index is 12.8. The fourth-order valence-electron chi connectivity index (χ4n) is 1.46. The van der Waals surface area contributed by atoms with Crippen LogP contribution in [-0.2, 0) is 6.54 Å². The summed E-state index contributed by atoms with van der Waals surface area (Å²) in [5, 5.41) is 8.61. The number of carbonyl (C=O) groups is 2. The number of rotatable bonds is 0. The van der Waals surface area contributed by atoms with Gasteiger partial charge in [0.2, 0.25) is 0 Å². The second-order valence-corrected chi connectivity index (χ2v) is 3.10. The van der Waals surface area contributed by atoms with Crippen molar-refractivity contribution in [2.45, 2.75) is 6.54 Å². The van der Waals surface area contributed by atoms with Gasteiger partial charge in [0.25, 0.3) is 5.91 Å². The molecule has 15 heavy (non-hydrogen) atoms. The molecule has 0 saturated heterocycles. The number of carboxylic acid groups (broad SMARTS) is 1. The molecule has 1 heterocycles. The summed E-state index contributed by atoms with van der Waals surface area (Å²) in [7, 11) is 0. The molecule has 0 saturated carbocycles. The maximum Gasteiger partial charge on any atom is 0.414 e. The zero-order chi connectivity index (χ0) is 11.2. The van der Waals surface area contributed by atoms with Crippen molar-refractivity contribution in [2.24, 2.45) is 0 Å². The van der Waals surface area contributed by atoms with Crippen molar-refractivity contribution in [3.8, 4) is 0 Å². The third-order valence-corrected chi connectivity index (χ3v) is 2.18. The molecule has 0 bridgehead atoms. The lowest BCUT2D eigenvalue weighted by Gasteiger charge is -2.06. The first-order valence-corrected chi connectivity index (χ1v) is 4.03. The summed E-state index contributed by atoms with van der Waals surface area (Å²) >= 11 is 0. The number of fused-ring (bicyclic) bond motifs is 1. The summed E-state index contributed by atoms with van der Waals surface area (Å²) in [5.74, 6) is -3.07. The summed E-state index contributed by atoms with van der Waals surface area (Å²) in [4.78, 5) is 22.4. The van der Waals surface area contributed by atoms with Crippen molar-refractivity contribution < 1.29 is 23.5 Å². The van der Waals surface area contributed by atoms with Crippen molar-refractivity contribution in [2.75, 3.05) is 0 Å². The third kappa shape index (κ3) is 1.34. The van der Waals surface area contributed by atoms with Crippen molar-refractivity contribution in [3.63, 3.8) is 0 Å². The number of imide groups is 1. The van der Waals surface area contributed by atoms with Crippen LogP contribution in [0.2, 0.25) is 0 Å². The molecule has 2 amide bonds. The molecule has 1 aliphatic rings. The molecule has 0 radical (unpaired) electrons. The van der Waals surface area contributed by atoms with Crippen molar-refractivity contribution >= 4 is 12.0 Å². The minimum atomic E-state index is -1.43. The lowest BCUT2D eigenvalue weighted by molar-refractivity contribution is 0.0763. The molecular formula is C9H5F2NO3. The molecule has 1 aromatic rings. The van der Waals surface area contributed by atoms with Gasteiger partial charge in [0, 0.05) is 5.56 Å². The standard InChI is InChI=1S/C9H5F2NO3/c10-6-1-4-3-12(9(14)15)8(13)5(4)2-7(6)11/h1-2H,3H2,(H,14,15). The molecule has 0 aromatic heterocycles. The fraction of sp³-hybridized carbons (Fsp3) is 0.111. The van der Waals surface area contributed by atoms with Crippen molar-refractivity contribution in [1.29, 1.82) is 0 Å². The molecule has 0 fully saturated rings. The highest BCUT2D eigenvalue weighted by Crippen LogP contribution is 2.25. The molecule has 78 valence electrons. The van der Waals surface area contributed by atoms with Gasteiger partial charge in [-0.1, -0.05) is 0 Å². The Balaban J connectivity index is 2.50. The van der Waals surface area contributed by atoms with Crippen LogP contribution in [0, 0.1) is 11.6 Å². The average molecular weight is 213 g/mol. The van der Waals surface area contributed by atoms with Crippen LogP contribution in [-0.4, -0.2) is 22.0 Å². The van der Waals surface area contributed by atoms with Gasteiger partial charge in [0.1, 0.15) is 0 Å². The van der Waals surface area contributed by atoms with Crippen LogP contribution in [0.15, 0.2) is 12.1 Å². The Bertz CT molecular complexity index is 473. The minimum absolute atomic E-state index is 0.101. The second kappa shape index (κ2) is 3.01. The van der Waals surface area contributed by atoms with Crippen LogP contribution >= 0.6 is 0 Å². The van der Waals surface area contributed by atoms with E-state index in [1.54, 1.807) is 0 Å². The molecule has 4 nitrogen and oxygen atoms in total. The highest BCUT2D eigenvalue weighted by atomic mass is 19.2. The molecule has 0 aliphatic carbocycles. The first-order valence-electron chi connectivity index (χ1n) is 4.03. The molecule has 1 aromatic carbocycles. The number of carbonyl (C=O) groups excluding carboxylic acids is 1. The van der Waals surface area contributed by atoms with Crippen LogP contribution in [0.25, 0.3) is 0 Å². The van der Waals surface area contributed by atoms with Gasteiger partial charge in [-0.2, -0.15) is 0 Å². The third-order valence-electron chi connectivity index (χ3n) is 2.18. The Labute approximate surface area is 82.7 Å². The lowest BCUT2D eigenvalue weighted by atomic mass is 10.1. The van der Waals surface area contributed by atoms with Crippen LogP contribution in [0.5, 0.6) is 0 Å². The van der Waals surface area contributed by atoms with Crippen LogP contribution < -0.4 is 0 Å². The van der Waals surface area contributed by atoms with Gasteiger partial charge in [0.05, 0.1) is 6.54 Å². The smallest absolute Gasteiger partial charge is 0.414 e. The van der Waals surface area contributed by atoms with Crippen LogP contribution in [0.3, 0.4) is 0 Å². The number of halogens is 2. The molecule has 1 aliphatic heterocycles. The monoisotopic (exact) mass is 213 g/mol. The van der Waals surface area contributed by atoms with Gasteiger partial charge in [-0.3, -0.25) is 4.79 Å². The second-order valence-electron chi connectivity index (χ2n) is 3.10. The van der Waals surface area contributed by atoms with E-state index in [0.29, 0.717) is 4.90 Å². The molecule has 1 N–H and O–H groups in total. The number of nitrogens with zero attached hydrogens (tertiary/aromatic N) is 1.